The van der Waals surface area contributed by atoms with Gasteiger partial charge in [0.05, 0.1) is 24.5 Å². The maximum absolute atomic E-state index is 12.6. The van der Waals surface area contributed by atoms with Crippen LogP contribution in [0.5, 0.6) is 11.5 Å². The normalized spacial score (nSPS) is 11.8. The molecule has 8 N–H and O–H groups in total. The Hall–Kier alpha value is 2.68. The van der Waals surface area contributed by atoms with Gasteiger partial charge in [-0.05, 0) is 66.2 Å². The first-order valence-electron chi connectivity index (χ1n) is 25.2. The zero-order valence-electron chi connectivity index (χ0n) is 53.7. The van der Waals surface area contributed by atoms with Crippen molar-refractivity contribution in [2.75, 3.05) is 27.0 Å². The van der Waals surface area contributed by atoms with Crippen LogP contribution in [0.2, 0.25) is 5.28 Å². The van der Waals surface area contributed by atoms with Crippen molar-refractivity contribution >= 4 is 191 Å². The molecule has 11 rings (SSSR count). The van der Waals surface area contributed by atoms with E-state index in [0.29, 0.717) is 5.69 Å². The van der Waals surface area contributed by atoms with Crippen molar-refractivity contribution < 1.29 is 499 Å². The molecular weight excluding hydrogens is 1700 g/mol. The molecule has 0 bridgehead atoms. The number of aromatic hydroxyl groups is 2. The number of nitrogens with two attached hydrogens (primary N) is 1. The number of hydrogen-bond acceptors (Lipinski definition) is 35. The number of hydrogen-bond donors (Lipinski definition) is 7. The molecule has 0 atom stereocenters. The van der Waals surface area contributed by atoms with Gasteiger partial charge in [-0.25, -0.2) is 50.5 Å². The molecule has 482 valence electrons. The molecule has 0 radical (unpaired) electrons. The minimum absolute atomic E-state index is 0. The number of nitrogens with zero attached hydrogens (tertiary/aromatic N) is 10. The molecule has 0 aliphatic rings. The topological polar surface area (TPSA) is 585 Å². The summed E-state index contributed by atoms with van der Waals surface area (Å²) < 4.78 is 222. The number of phenolic OH excluding ortho intramolecular Hbond substituents is 2. The van der Waals surface area contributed by atoms with Crippen LogP contribution in [0.1, 0.15) is 0 Å². The molecule has 50 heteroatoms. The molecule has 0 amide bonds. The van der Waals surface area contributed by atoms with Crippen LogP contribution in [0.3, 0.4) is 0 Å². The fourth-order valence-electron chi connectivity index (χ4n) is 9.40. The Bertz CT molecular complexity index is 5930. The van der Waals surface area contributed by atoms with Crippen LogP contribution >= 0.6 is 11.6 Å². The van der Waals surface area contributed by atoms with Crippen LogP contribution in [0.25, 0.3) is 43.1 Å². The van der Waals surface area contributed by atoms with Crippen LogP contribution in [-0.4, -0.2) is 118 Å². The SMILES string of the molecule is Nc1nc(Nc2ccc(Nc3nc(Cl)nc(Nc4cc(S(=O)(=O)[O-])cc5c[c-]c(N=Nc6ccc7c(S(=O)(=O)[O-])cccc7c6S(=O)(=O)[O-])c(O)c45)n3)cc2)nc(Nc2c[c-]cc3cc(S(=O)(=O)[O-])c(N=Nc4ccc5c(S(=O)(=O)[O-])cccc5c4S(=O)(=O)[O-])c(O)c23)n1.[K+].[K+].[K+].[K+].[K+].[K+].[K+].[K+]. The standard InChI is InChI=1S/C52H34ClN15O20S6.8K/c53-47-59-49(63-51(60-47)58-36-22-27(89(71,72)73)20-24-10-17-33(43(69)41(24)36)65-66-34-18-15-28-30(45(34)93(83,84)85)5-2-8-37(28)90(74,75)76)55-25-11-13-26(14-12-25)56-50-61-48(54)62-52(64-50)57-32-7-1-4-23-21-39(92(80,81)82)42(44(70)40(23)32)68-67-35-19-16-29-31(46(35)94(86,87)88)6-3-9-38(29)91(77,78)79;;;;;;;;/h2-16,18-22,69-70H,(H,71,72,73)(H,74,75,76)(H,77,78,79)(H,80,81,82)(H,83,84,85)(H,86,87,88)(H2,55,58,59,60,63)(H4,54,56,57,61,62,64);;;;;;;;/q-2;8*+1/p-6. The second-order valence-electron chi connectivity index (χ2n) is 19.2. The van der Waals surface area contributed by atoms with Gasteiger partial charge in [-0.1, -0.05) is 65.0 Å². The zero-order chi connectivity index (χ0) is 67.8. The van der Waals surface area contributed by atoms with Gasteiger partial charge in [-0.2, -0.15) is 70.5 Å². The number of nitrogen functional groups attached to an aromatic ring is 1. The minimum atomic E-state index is -5.59. The Labute approximate surface area is 923 Å². The van der Waals surface area contributed by atoms with Gasteiger partial charge < -0.3 is 64.5 Å². The summed E-state index contributed by atoms with van der Waals surface area (Å²) in [6.07, 6.45) is 0. The van der Waals surface area contributed by atoms with E-state index in [2.05, 4.69) is 83.8 Å². The third kappa shape index (κ3) is 23.7. The van der Waals surface area contributed by atoms with Crippen LogP contribution in [-0.2, 0) is 60.7 Å². The van der Waals surface area contributed by atoms with E-state index in [-0.39, 0.29) is 468 Å². The molecule has 35 nitrogen and oxygen atoms in total. The molecule has 2 heterocycles. The Morgan fingerprint density at radius 3 is 1.32 bits per heavy atom. The largest absolute Gasteiger partial charge is 1.00 e. The van der Waals surface area contributed by atoms with Crippen molar-refractivity contribution in [1.82, 2.24) is 29.9 Å². The number of aromatic nitrogens is 6. The molecule has 9 aromatic carbocycles. The summed E-state index contributed by atoms with van der Waals surface area (Å²) in [5, 5.41) is 46.1. The van der Waals surface area contributed by atoms with E-state index in [4.69, 9.17) is 17.3 Å². The Balaban J connectivity index is 0.00000338. The van der Waals surface area contributed by atoms with Crippen LogP contribution in [0, 0.1) is 12.1 Å². The molecular formula is C52H28ClK8N15O20S6. The molecule has 2 aromatic heterocycles. The van der Waals surface area contributed by atoms with E-state index in [1.165, 1.54) is 30.3 Å². The monoisotopic (exact) mass is 1720 g/mol. The van der Waals surface area contributed by atoms with E-state index in [9.17, 15) is 88.0 Å². The first kappa shape index (κ1) is 98.9. The van der Waals surface area contributed by atoms with E-state index in [1.54, 1.807) is 0 Å². The summed E-state index contributed by atoms with van der Waals surface area (Å²) >= 11 is 6.28. The van der Waals surface area contributed by atoms with Gasteiger partial charge in [0.1, 0.15) is 83.5 Å². The number of anilines is 9. The minimum Gasteiger partial charge on any atom is -0.744 e. The summed E-state index contributed by atoms with van der Waals surface area (Å²) in [5.41, 5.74) is 2.99. The molecule has 0 saturated carbocycles. The molecule has 0 aliphatic carbocycles. The number of halogens is 1. The quantitative estimate of drug-likeness (QED) is 0.0181. The Morgan fingerprint density at radius 2 is 0.853 bits per heavy atom. The molecule has 0 unspecified atom stereocenters. The summed E-state index contributed by atoms with van der Waals surface area (Å²) in [7, 11) is -32.2. The molecule has 11 aromatic rings. The molecule has 102 heavy (non-hydrogen) atoms. The van der Waals surface area contributed by atoms with Crippen molar-refractivity contribution in [2.24, 2.45) is 20.5 Å². The molecule has 0 aliphatic heterocycles. The second-order valence-corrected chi connectivity index (χ2v) is 27.5. The third-order valence-corrected chi connectivity index (χ3v) is 18.6. The van der Waals surface area contributed by atoms with Gasteiger partial charge in [0, 0.05) is 54.9 Å². The predicted octanol–water partition coefficient (Wildman–Crippen LogP) is -16.8. The van der Waals surface area contributed by atoms with Gasteiger partial charge in [0.25, 0.3) is 0 Å². The zero-order valence-corrected chi connectivity index (χ0v) is 84.3. The average Bonchev–Trinajstić information content (AvgIpc) is 0.767. The number of rotatable bonds is 18. The Kier molecular flexibility index (Phi) is 39.1. The van der Waals surface area contributed by atoms with Crippen molar-refractivity contribution in [2.45, 2.75) is 29.4 Å². The second kappa shape index (κ2) is 40.3. The predicted molar refractivity (Wildman–Crippen MR) is 322 cm³/mol. The van der Waals surface area contributed by atoms with Crippen LogP contribution < -0.4 is 438 Å². The van der Waals surface area contributed by atoms with E-state index in [1.807, 2.05) is 0 Å². The van der Waals surface area contributed by atoms with Crippen LogP contribution in [0.4, 0.5) is 75.2 Å². The molecule has 0 spiro atoms. The van der Waals surface area contributed by atoms with Gasteiger partial charge >= 0.3 is 411 Å². The number of phenols is 2. The fraction of sp³-hybridized carbons (Fsp3) is 0. The summed E-state index contributed by atoms with van der Waals surface area (Å²) in [6, 6.07) is 26.4. The maximum atomic E-state index is 12.6. The van der Waals surface area contributed by atoms with E-state index < -0.39 is 163 Å². The van der Waals surface area contributed by atoms with Crippen molar-refractivity contribution in [3.63, 3.8) is 0 Å². The van der Waals surface area contributed by atoms with Crippen molar-refractivity contribution in [3.8, 4) is 11.5 Å². The Morgan fingerprint density at radius 1 is 0.422 bits per heavy atom. The van der Waals surface area contributed by atoms with Gasteiger partial charge in [0.2, 0.25) is 35.0 Å². The van der Waals surface area contributed by atoms with Crippen LogP contribution in [0.15, 0.2) is 171 Å². The van der Waals surface area contributed by atoms with Crippen molar-refractivity contribution in [3.05, 3.63) is 139 Å². The number of fused-ring (bicyclic) bond motifs is 4. The number of benzene rings is 9. The summed E-state index contributed by atoms with van der Waals surface area (Å²) in [4.78, 5) is 18.7. The van der Waals surface area contributed by atoms with Gasteiger partial charge in [0.15, 0.2) is 0 Å². The van der Waals surface area contributed by atoms with Gasteiger partial charge in [-0.3, -0.25) is 0 Å². The number of nitrogens with one attached hydrogen (secondary N) is 4. The van der Waals surface area contributed by atoms with E-state index in [0.717, 1.165) is 91.0 Å². The van der Waals surface area contributed by atoms with Crippen molar-refractivity contribution in [1.29, 1.82) is 0 Å². The first-order chi connectivity index (χ1) is 44.0. The van der Waals surface area contributed by atoms with E-state index >= 15 is 0 Å². The summed E-state index contributed by atoms with van der Waals surface area (Å²) in [5.74, 6) is -3.48. The maximum Gasteiger partial charge on any atom is 1.00 e. The summed E-state index contributed by atoms with van der Waals surface area (Å²) in [6.45, 7) is 0. The smallest absolute Gasteiger partial charge is 0.744 e. The van der Waals surface area contributed by atoms with Gasteiger partial charge in [-0.15, -0.1) is 21.0 Å². The fourth-order valence-corrected chi connectivity index (χ4v) is 13.7. The first-order valence-corrected chi connectivity index (χ1v) is 34.0. The molecule has 0 fully saturated rings. The molecule has 0 saturated heterocycles. The third-order valence-electron chi connectivity index (χ3n) is 13.1. The average molecular weight is 1720 g/mol. The number of azo groups is 2.